The van der Waals surface area contributed by atoms with Gasteiger partial charge in [-0.3, -0.25) is 5.43 Å². The fourth-order valence-electron chi connectivity index (χ4n) is 1.73. The molecule has 0 aliphatic rings. The van der Waals surface area contributed by atoms with Gasteiger partial charge in [0.1, 0.15) is 0 Å². The first-order valence-corrected chi connectivity index (χ1v) is 6.67. The number of hydrogen-bond acceptors (Lipinski definition) is 7. The molecule has 0 radical (unpaired) electrons. The van der Waals surface area contributed by atoms with Gasteiger partial charge in [-0.15, -0.1) is 0 Å². The molecule has 1 unspecified atom stereocenters. The Hall–Kier alpha value is -1.63. The van der Waals surface area contributed by atoms with E-state index >= 15 is 0 Å². The Morgan fingerprint density at radius 3 is 2.42 bits per heavy atom. The highest BCUT2D eigenvalue weighted by Gasteiger charge is 2.10. The minimum absolute atomic E-state index is 0.270. The molecule has 1 heterocycles. The van der Waals surface area contributed by atoms with Crippen LogP contribution < -0.4 is 21.3 Å². The number of hydrogen-bond donors (Lipinski definition) is 3. The van der Waals surface area contributed by atoms with Crippen LogP contribution in [-0.4, -0.2) is 27.6 Å². The Labute approximate surface area is 114 Å². The van der Waals surface area contributed by atoms with E-state index in [2.05, 4.69) is 46.5 Å². The second-order valence-electron chi connectivity index (χ2n) is 4.93. The smallest absolute Gasteiger partial charge is 0.323 e. The molecule has 0 fully saturated rings. The van der Waals surface area contributed by atoms with Crippen LogP contribution in [0.5, 0.6) is 6.01 Å². The SMILES string of the molecule is CCCOc1nc(NN)nc(NC(C)CC(C)C)n1. The van der Waals surface area contributed by atoms with Gasteiger partial charge in [-0.05, 0) is 25.7 Å². The first-order chi connectivity index (χ1) is 9.05. The lowest BCUT2D eigenvalue weighted by atomic mass is 10.1. The third kappa shape index (κ3) is 5.69. The average Bonchev–Trinajstić information content (AvgIpc) is 2.34. The van der Waals surface area contributed by atoms with Crippen LogP contribution in [0.3, 0.4) is 0 Å². The molecule has 7 nitrogen and oxygen atoms in total. The number of nitrogen functional groups attached to an aromatic ring is 1. The Kier molecular flexibility index (Phi) is 6.27. The van der Waals surface area contributed by atoms with E-state index < -0.39 is 0 Å². The highest BCUT2D eigenvalue weighted by Crippen LogP contribution is 2.14. The molecule has 1 atom stereocenters. The van der Waals surface area contributed by atoms with Gasteiger partial charge in [-0.2, -0.15) is 15.0 Å². The van der Waals surface area contributed by atoms with Crippen molar-refractivity contribution in [2.75, 3.05) is 17.3 Å². The van der Waals surface area contributed by atoms with E-state index in [1.54, 1.807) is 0 Å². The second-order valence-corrected chi connectivity index (χ2v) is 4.93. The van der Waals surface area contributed by atoms with Crippen molar-refractivity contribution < 1.29 is 4.74 Å². The van der Waals surface area contributed by atoms with E-state index in [9.17, 15) is 0 Å². The Morgan fingerprint density at radius 2 is 1.84 bits per heavy atom. The van der Waals surface area contributed by atoms with E-state index in [0.29, 0.717) is 24.4 Å². The molecule has 1 rings (SSSR count). The average molecular weight is 268 g/mol. The van der Waals surface area contributed by atoms with Gasteiger partial charge in [0.05, 0.1) is 6.61 Å². The largest absolute Gasteiger partial charge is 0.463 e. The van der Waals surface area contributed by atoms with Gasteiger partial charge in [0.2, 0.25) is 11.9 Å². The van der Waals surface area contributed by atoms with Crippen LogP contribution in [0, 0.1) is 5.92 Å². The van der Waals surface area contributed by atoms with Crippen LogP contribution >= 0.6 is 0 Å². The van der Waals surface area contributed by atoms with E-state index in [-0.39, 0.29) is 12.1 Å². The predicted molar refractivity (Wildman–Crippen MR) is 76.0 cm³/mol. The molecule has 1 aromatic heterocycles. The number of nitrogens with zero attached hydrogens (tertiary/aromatic N) is 3. The second kappa shape index (κ2) is 7.73. The van der Waals surface area contributed by atoms with Gasteiger partial charge in [0, 0.05) is 6.04 Å². The van der Waals surface area contributed by atoms with Crippen molar-refractivity contribution in [1.29, 1.82) is 0 Å². The lowest BCUT2D eigenvalue weighted by Crippen LogP contribution is -2.21. The highest BCUT2D eigenvalue weighted by molar-refractivity contribution is 5.35. The zero-order valence-corrected chi connectivity index (χ0v) is 12.1. The number of rotatable bonds is 8. The minimum atomic E-state index is 0.270. The van der Waals surface area contributed by atoms with E-state index in [4.69, 9.17) is 10.6 Å². The maximum absolute atomic E-state index is 5.40. The highest BCUT2D eigenvalue weighted by atomic mass is 16.5. The summed E-state index contributed by atoms with van der Waals surface area (Å²) in [6.45, 7) is 9.02. The van der Waals surface area contributed by atoms with Crippen molar-refractivity contribution in [3.05, 3.63) is 0 Å². The summed E-state index contributed by atoms with van der Waals surface area (Å²) in [5.41, 5.74) is 2.42. The molecule has 0 saturated heterocycles. The summed E-state index contributed by atoms with van der Waals surface area (Å²) < 4.78 is 5.40. The number of ether oxygens (including phenoxy) is 1. The Balaban J connectivity index is 2.75. The monoisotopic (exact) mass is 268 g/mol. The molecule has 0 bridgehead atoms. The van der Waals surface area contributed by atoms with Crippen molar-refractivity contribution in [2.24, 2.45) is 11.8 Å². The molecule has 0 spiro atoms. The normalized spacial score (nSPS) is 12.3. The van der Waals surface area contributed by atoms with Crippen LogP contribution in [0.4, 0.5) is 11.9 Å². The predicted octanol–water partition coefficient (Wildman–Crippen LogP) is 1.79. The van der Waals surface area contributed by atoms with Crippen LogP contribution in [0.15, 0.2) is 0 Å². The topological polar surface area (TPSA) is 98.0 Å². The Morgan fingerprint density at radius 1 is 1.16 bits per heavy atom. The molecule has 4 N–H and O–H groups in total. The van der Waals surface area contributed by atoms with Crippen LogP contribution in [0.25, 0.3) is 0 Å². The Bertz CT molecular complexity index is 384. The quantitative estimate of drug-likeness (QED) is 0.488. The molecule has 0 aliphatic heterocycles. The van der Waals surface area contributed by atoms with Gasteiger partial charge in [-0.1, -0.05) is 20.8 Å². The molecule has 1 aromatic rings. The third-order valence-corrected chi connectivity index (χ3v) is 2.38. The minimum Gasteiger partial charge on any atom is -0.463 e. The van der Waals surface area contributed by atoms with Gasteiger partial charge in [0.25, 0.3) is 0 Å². The molecule has 7 heteroatoms. The van der Waals surface area contributed by atoms with Crippen molar-refractivity contribution in [3.63, 3.8) is 0 Å². The van der Waals surface area contributed by atoms with Gasteiger partial charge in [-0.25, -0.2) is 5.84 Å². The summed E-state index contributed by atoms with van der Waals surface area (Å²) >= 11 is 0. The zero-order chi connectivity index (χ0) is 14.3. The van der Waals surface area contributed by atoms with Crippen molar-refractivity contribution in [1.82, 2.24) is 15.0 Å². The molecule has 0 aromatic carbocycles. The van der Waals surface area contributed by atoms with Gasteiger partial charge < -0.3 is 10.1 Å². The summed E-state index contributed by atoms with van der Waals surface area (Å²) in [6, 6.07) is 0.552. The van der Waals surface area contributed by atoms with E-state index in [1.165, 1.54) is 0 Å². The summed E-state index contributed by atoms with van der Waals surface area (Å²) in [5, 5.41) is 3.23. The number of hydrazine groups is 1. The van der Waals surface area contributed by atoms with Crippen molar-refractivity contribution >= 4 is 11.9 Å². The van der Waals surface area contributed by atoms with Gasteiger partial charge in [0.15, 0.2) is 0 Å². The number of aromatic nitrogens is 3. The van der Waals surface area contributed by atoms with Crippen LogP contribution in [-0.2, 0) is 0 Å². The fourth-order valence-corrected chi connectivity index (χ4v) is 1.73. The molecule has 108 valence electrons. The summed E-state index contributed by atoms with van der Waals surface area (Å²) in [5.74, 6) is 6.71. The molecular formula is C12H24N6O. The van der Waals surface area contributed by atoms with Gasteiger partial charge >= 0.3 is 6.01 Å². The third-order valence-electron chi connectivity index (χ3n) is 2.38. The van der Waals surface area contributed by atoms with Crippen molar-refractivity contribution in [3.8, 4) is 6.01 Å². The molecule has 19 heavy (non-hydrogen) atoms. The van der Waals surface area contributed by atoms with E-state index in [0.717, 1.165) is 12.8 Å². The zero-order valence-electron chi connectivity index (χ0n) is 12.1. The molecule has 0 aliphatic carbocycles. The number of anilines is 2. The number of nitrogens with two attached hydrogens (primary N) is 1. The summed E-state index contributed by atoms with van der Waals surface area (Å²) in [4.78, 5) is 12.4. The molecule has 0 amide bonds. The summed E-state index contributed by atoms with van der Waals surface area (Å²) in [7, 11) is 0. The van der Waals surface area contributed by atoms with E-state index in [1.807, 2.05) is 6.92 Å². The first kappa shape index (κ1) is 15.4. The lowest BCUT2D eigenvalue weighted by molar-refractivity contribution is 0.292. The van der Waals surface area contributed by atoms with Crippen LogP contribution in [0.1, 0.15) is 40.5 Å². The molecule has 0 saturated carbocycles. The standard InChI is InChI=1S/C12H24N6O/c1-5-6-19-12-16-10(15-11(17-12)18-13)14-9(4)7-8(2)3/h8-9H,5-7,13H2,1-4H3,(H2,14,15,16,17,18). The number of nitrogens with one attached hydrogen (secondary N) is 2. The lowest BCUT2D eigenvalue weighted by Gasteiger charge is -2.16. The summed E-state index contributed by atoms with van der Waals surface area (Å²) in [6.07, 6.45) is 1.92. The van der Waals surface area contributed by atoms with Crippen molar-refractivity contribution in [2.45, 2.75) is 46.6 Å². The maximum atomic E-state index is 5.40. The molecular weight excluding hydrogens is 244 g/mol. The first-order valence-electron chi connectivity index (χ1n) is 6.67. The fraction of sp³-hybridized carbons (Fsp3) is 0.750. The van der Waals surface area contributed by atoms with Crippen LogP contribution in [0.2, 0.25) is 0 Å². The maximum Gasteiger partial charge on any atom is 0.323 e.